The molecule has 0 spiro atoms. The van der Waals surface area contributed by atoms with Crippen LogP contribution in [0, 0.1) is 0 Å². The molecule has 1 aromatic heterocycles. The van der Waals surface area contributed by atoms with Crippen molar-refractivity contribution in [2.75, 3.05) is 0 Å². The molecule has 74 valence electrons. The monoisotopic (exact) mass is 198 g/mol. The van der Waals surface area contributed by atoms with Crippen LogP contribution in [0.1, 0.15) is 21.9 Å². The Kier molecular flexibility index (Phi) is 2.79. The van der Waals surface area contributed by atoms with Crippen LogP contribution < -0.4 is 0 Å². The highest BCUT2D eigenvalue weighted by molar-refractivity contribution is 5.73. The summed E-state index contributed by atoms with van der Waals surface area (Å²) >= 11 is 0. The molecule has 0 radical (unpaired) electrons. The Bertz CT molecular complexity index is 466. The third kappa shape index (κ3) is 2.44. The van der Waals surface area contributed by atoms with Crippen molar-refractivity contribution in [2.24, 2.45) is 0 Å². The van der Waals surface area contributed by atoms with Gasteiger partial charge in [0.2, 0.25) is 0 Å². The van der Waals surface area contributed by atoms with E-state index in [1.54, 1.807) is 12.1 Å². The predicted octanol–water partition coefficient (Wildman–Crippen LogP) is 3.26. The van der Waals surface area contributed by atoms with Crippen molar-refractivity contribution in [3.8, 4) is 0 Å². The summed E-state index contributed by atoms with van der Waals surface area (Å²) in [6.45, 7) is 0. The lowest BCUT2D eigenvalue weighted by Crippen LogP contribution is -1.69. The van der Waals surface area contributed by atoms with Crippen LogP contribution in [-0.4, -0.2) is 6.29 Å². The molecule has 0 aliphatic heterocycles. The number of carbonyl (C=O) groups is 1. The summed E-state index contributed by atoms with van der Waals surface area (Å²) in [6.07, 6.45) is 4.47. The molecular formula is C13H10O2. The standard InChI is InChI=1S/C13H10O2/c14-10-13-9-8-12(15-13)7-6-11-4-2-1-3-5-11/h1-10H. The summed E-state index contributed by atoms with van der Waals surface area (Å²) in [4.78, 5) is 10.4. The largest absolute Gasteiger partial charge is 0.454 e. The predicted molar refractivity (Wildman–Crippen MR) is 59.5 cm³/mol. The van der Waals surface area contributed by atoms with E-state index in [0.717, 1.165) is 5.56 Å². The number of carbonyl (C=O) groups excluding carboxylic acids is 1. The highest BCUT2D eigenvalue weighted by Crippen LogP contribution is 2.10. The summed E-state index contributed by atoms with van der Waals surface area (Å²) < 4.78 is 5.20. The minimum Gasteiger partial charge on any atom is -0.454 e. The SMILES string of the molecule is O=Cc1ccc(C=Cc2ccccc2)o1. The van der Waals surface area contributed by atoms with Crippen molar-refractivity contribution in [1.29, 1.82) is 0 Å². The number of hydrogen-bond donors (Lipinski definition) is 0. The molecule has 0 amide bonds. The molecule has 0 unspecified atom stereocenters. The van der Waals surface area contributed by atoms with E-state index in [1.807, 2.05) is 42.5 Å². The van der Waals surface area contributed by atoms with E-state index < -0.39 is 0 Å². The molecule has 0 aliphatic rings. The topological polar surface area (TPSA) is 30.2 Å². The van der Waals surface area contributed by atoms with Crippen LogP contribution in [-0.2, 0) is 0 Å². The van der Waals surface area contributed by atoms with Crippen LogP contribution in [0.3, 0.4) is 0 Å². The van der Waals surface area contributed by atoms with Gasteiger partial charge < -0.3 is 4.42 Å². The van der Waals surface area contributed by atoms with E-state index in [1.165, 1.54) is 0 Å². The van der Waals surface area contributed by atoms with E-state index in [4.69, 9.17) is 4.42 Å². The summed E-state index contributed by atoms with van der Waals surface area (Å²) in [7, 11) is 0. The molecule has 0 atom stereocenters. The van der Waals surface area contributed by atoms with Gasteiger partial charge in [-0.25, -0.2) is 0 Å². The van der Waals surface area contributed by atoms with E-state index in [-0.39, 0.29) is 0 Å². The Morgan fingerprint density at radius 3 is 2.27 bits per heavy atom. The molecule has 2 aromatic rings. The van der Waals surface area contributed by atoms with Gasteiger partial charge in [-0.05, 0) is 23.8 Å². The van der Waals surface area contributed by atoms with Gasteiger partial charge in [-0.15, -0.1) is 0 Å². The summed E-state index contributed by atoms with van der Waals surface area (Å²) in [5.41, 5.74) is 1.10. The second-order valence-corrected chi connectivity index (χ2v) is 3.10. The highest BCUT2D eigenvalue weighted by atomic mass is 16.3. The van der Waals surface area contributed by atoms with Crippen LogP contribution in [0.25, 0.3) is 12.2 Å². The number of benzene rings is 1. The molecule has 2 heteroatoms. The molecular weight excluding hydrogens is 188 g/mol. The van der Waals surface area contributed by atoms with Gasteiger partial charge in [0, 0.05) is 0 Å². The normalized spacial score (nSPS) is 10.7. The minimum atomic E-state index is 0.350. The lowest BCUT2D eigenvalue weighted by molar-refractivity contribution is 0.110. The van der Waals surface area contributed by atoms with Gasteiger partial charge in [-0.1, -0.05) is 36.4 Å². The molecule has 0 N–H and O–H groups in total. The second-order valence-electron chi connectivity index (χ2n) is 3.10. The van der Waals surface area contributed by atoms with Gasteiger partial charge >= 0.3 is 0 Å². The Hall–Kier alpha value is -2.09. The summed E-state index contributed by atoms with van der Waals surface area (Å²) in [6, 6.07) is 13.3. The molecule has 0 saturated carbocycles. The maximum atomic E-state index is 10.4. The molecule has 0 fully saturated rings. The van der Waals surface area contributed by atoms with E-state index in [2.05, 4.69) is 0 Å². The first-order chi connectivity index (χ1) is 7.38. The Labute approximate surface area is 87.8 Å². The van der Waals surface area contributed by atoms with Crippen LogP contribution in [0.4, 0.5) is 0 Å². The van der Waals surface area contributed by atoms with Gasteiger partial charge in [-0.3, -0.25) is 4.79 Å². The van der Waals surface area contributed by atoms with Crippen LogP contribution in [0.15, 0.2) is 46.9 Å². The average molecular weight is 198 g/mol. The zero-order valence-electron chi connectivity index (χ0n) is 8.09. The third-order valence-corrected chi connectivity index (χ3v) is 2.00. The van der Waals surface area contributed by atoms with Gasteiger partial charge in [0.25, 0.3) is 0 Å². The maximum absolute atomic E-state index is 10.4. The Balaban J connectivity index is 2.15. The molecule has 0 saturated heterocycles. The van der Waals surface area contributed by atoms with Gasteiger partial charge in [0.15, 0.2) is 12.0 Å². The van der Waals surface area contributed by atoms with E-state index in [0.29, 0.717) is 17.8 Å². The van der Waals surface area contributed by atoms with Crippen molar-refractivity contribution >= 4 is 18.4 Å². The zero-order valence-corrected chi connectivity index (χ0v) is 8.09. The van der Waals surface area contributed by atoms with Crippen LogP contribution in [0.5, 0.6) is 0 Å². The lowest BCUT2D eigenvalue weighted by atomic mass is 10.2. The quantitative estimate of drug-likeness (QED) is 0.708. The number of furan rings is 1. The zero-order chi connectivity index (χ0) is 10.5. The number of rotatable bonds is 3. The first-order valence-corrected chi connectivity index (χ1v) is 4.66. The first-order valence-electron chi connectivity index (χ1n) is 4.66. The van der Waals surface area contributed by atoms with Crippen molar-refractivity contribution in [3.63, 3.8) is 0 Å². The second kappa shape index (κ2) is 4.42. The molecule has 1 aromatic carbocycles. The molecule has 1 heterocycles. The minimum absolute atomic E-state index is 0.350. The van der Waals surface area contributed by atoms with Crippen molar-refractivity contribution in [2.45, 2.75) is 0 Å². The third-order valence-electron chi connectivity index (χ3n) is 2.00. The van der Waals surface area contributed by atoms with Gasteiger partial charge in [-0.2, -0.15) is 0 Å². The molecule has 15 heavy (non-hydrogen) atoms. The summed E-state index contributed by atoms with van der Waals surface area (Å²) in [5, 5.41) is 0. The van der Waals surface area contributed by atoms with Crippen LogP contribution in [0.2, 0.25) is 0 Å². The van der Waals surface area contributed by atoms with Crippen LogP contribution >= 0.6 is 0 Å². The highest BCUT2D eigenvalue weighted by Gasteiger charge is 1.95. The molecule has 2 rings (SSSR count). The van der Waals surface area contributed by atoms with E-state index in [9.17, 15) is 4.79 Å². The molecule has 2 nitrogen and oxygen atoms in total. The molecule has 0 bridgehead atoms. The van der Waals surface area contributed by atoms with Crippen molar-refractivity contribution in [3.05, 3.63) is 59.5 Å². The smallest absolute Gasteiger partial charge is 0.185 e. The fraction of sp³-hybridized carbons (Fsp3) is 0. The number of hydrogen-bond acceptors (Lipinski definition) is 2. The van der Waals surface area contributed by atoms with Gasteiger partial charge in [0.1, 0.15) is 5.76 Å². The van der Waals surface area contributed by atoms with Crippen molar-refractivity contribution < 1.29 is 9.21 Å². The van der Waals surface area contributed by atoms with Gasteiger partial charge in [0.05, 0.1) is 0 Å². The van der Waals surface area contributed by atoms with E-state index >= 15 is 0 Å². The average Bonchev–Trinajstić information content (AvgIpc) is 2.76. The fourth-order valence-electron chi connectivity index (χ4n) is 1.26. The Morgan fingerprint density at radius 2 is 1.60 bits per heavy atom. The lowest BCUT2D eigenvalue weighted by Gasteiger charge is -1.89. The first kappa shape index (κ1) is 9.46. The number of aldehydes is 1. The fourth-order valence-corrected chi connectivity index (χ4v) is 1.26. The molecule has 0 aliphatic carbocycles. The maximum Gasteiger partial charge on any atom is 0.185 e. The Morgan fingerprint density at radius 1 is 0.867 bits per heavy atom. The summed E-state index contributed by atoms with van der Waals surface area (Å²) in [5.74, 6) is 1.03. The van der Waals surface area contributed by atoms with Crippen molar-refractivity contribution in [1.82, 2.24) is 0 Å².